The molecule has 15 heteroatoms. The van der Waals surface area contributed by atoms with Crippen LogP contribution in [-0.4, -0.2) is 24.7 Å². The highest BCUT2D eigenvalue weighted by molar-refractivity contribution is 5.25. The minimum absolute atomic E-state index is 0. The van der Waals surface area contributed by atoms with Gasteiger partial charge < -0.3 is 39.1 Å². The van der Waals surface area contributed by atoms with E-state index in [1.54, 1.807) is 0 Å². The number of aliphatic hydroxyl groups is 1. The first-order chi connectivity index (χ1) is 19.1. The van der Waals surface area contributed by atoms with Gasteiger partial charge in [-0.3, -0.25) is 0 Å². The molecule has 1 N–H and O–H groups in total. The molecule has 5 rings (SSSR count). The summed E-state index contributed by atoms with van der Waals surface area (Å²) in [4.78, 5) is 0. The van der Waals surface area contributed by atoms with Gasteiger partial charge in [-0.05, 0) is 30.3 Å². The van der Waals surface area contributed by atoms with E-state index < -0.39 is 40.5 Å². The van der Waals surface area contributed by atoms with E-state index in [0.29, 0.717) is 6.07 Å². The van der Waals surface area contributed by atoms with E-state index in [1.807, 2.05) is 0 Å². The standard InChI is InChI=1S/C27H22F6N6O.2BrH/c28-20-3-1-18(24(31)7-20)10-36-14-34-38(16-36)12-27(40,23-6-5-22(30)9-26(23)33)13-39-17-37(15-35-39)11-19-2-4-21(29)8-25(19)32;;/h1-9,14-17,40H,10-13H2;2*1H/q+2;;/p-2. The van der Waals surface area contributed by atoms with Gasteiger partial charge in [0.2, 0.25) is 12.7 Å². The van der Waals surface area contributed by atoms with E-state index in [4.69, 9.17) is 0 Å². The molecule has 0 aliphatic carbocycles. The number of hydrogen-bond acceptors (Lipinski definition) is 3. The van der Waals surface area contributed by atoms with Gasteiger partial charge in [-0.25, -0.2) is 35.5 Å². The van der Waals surface area contributed by atoms with Gasteiger partial charge in [0.05, 0.1) is 13.1 Å². The van der Waals surface area contributed by atoms with Gasteiger partial charge >= 0.3 is 0 Å². The average molecular weight is 720 g/mol. The Morgan fingerprint density at radius 3 is 1.43 bits per heavy atom. The zero-order valence-corrected chi connectivity index (χ0v) is 24.7. The molecule has 5 aromatic rings. The molecule has 0 spiro atoms. The summed E-state index contributed by atoms with van der Waals surface area (Å²) in [6.07, 6.45) is 5.58. The number of aromatic nitrogens is 6. The summed E-state index contributed by atoms with van der Waals surface area (Å²) in [6, 6.07) is 9.12. The Morgan fingerprint density at radius 1 is 0.619 bits per heavy atom. The molecule has 7 nitrogen and oxygen atoms in total. The Balaban J connectivity index is 0.00000242. The first-order valence-electron chi connectivity index (χ1n) is 12.0. The van der Waals surface area contributed by atoms with Gasteiger partial charge in [0.15, 0.2) is 5.60 Å². The number of hydrogen-bond donors (Lipinski definition) is 1. The molecule has 0 aliphatic rings. The molecule has 0 amide bonds. The van der Waals surface area contributed by atoms with Crippen LogP contribution in [0.25, 0.3) is 0 Å². The summed E-state index contributed by atoms with van der Waals surface area (Å²) in [6.45, 7) is -0.620. The highest BCUT2D eigenvalue weighted by atomic mass is 79.9. The molecule has 0 radical (unpaired) electrons. The van der Waals surface area contributed by atoms with Gasteiger partial charge in [0.1, 0.15) is 48.0 Å². The van der Waals surface area contributed by atoms with Crippen molar-refractivity contribution >= 4 is 0 Å². The van der Waals surface area contributed by atoms with Gasteiger partial charge in [-0.1, -0.05) is 6.07 Å². The van der Waals surface area contributed by atoms with Crippen molar-refractivity contribution in [3.05, 3.63) is 132 Å². The molecule has 0 aliphatic heterocycles. The monoisotopic (exact) mass is 718 g/mol. The second kappa shape index (κ2) is 13.6. The van der Waals surface area contributed by atoms with Crippen LogP contribution in [0.5, 0.6) is 0 Å². The lowest BCUT2D eigenvalue weighted by Crippen LogP contribution is -3.00. The van der Waals surface area contributed by atoms with E-state index in [-0.39, 0.29) is 76.8 Å². The highest BCUT2D eigenvalue weighted by Gasteiger charge is 2.39. The van der Waals surface area contributed by atoms with Crippen molar-refractivity contribution in [3.8, 4) is 0 Å². The molecular formula is C27H22Br2F6N6O. The molecule has 0 saturated carbocycles. The van der Waals surface area contributed by atoms with Gasteiger partial charge in [-0.2, -0.15) is 0 Å². The lowest BCUT2D eigenvalue weighted by molar-refractivity contribution is -0.689. The maximum absolute atomic E-state index is 14.9. The van der Waals surface area contributed by atoms with E-state index in [1.165, 1.54) is 55.9 Å². The fraction of sp³-hybridized carbons (Fsp3) is 0.185. The molecule has 0 saturated heterocycles. The van der Waals surface area contributed by atoms with Crippen LogP contribution in [0.4, 0.5) is 26.3 Å². The zero-order chi connectivity index (χ0) is 28.4. The van der Waals surface area contributed by atoms with Gasteiger partial charge in [0.25, 0.3) is 12.7 Å². The van der Waals surface area contributed by atoms with E-state index in [9.17, 15) is 31.4 Å². The topological polar surface area (TPSA) is 63.6 Å². The molecule has 2 heterocycles. The highest BCUT2D eigenvalue weighted by Crippen LogP contribution is 2.28. The third-order valence-electron chi connectivity index (χ3n) is 6.28. The maximum Gasteiger partial charge on any atom is 0.265 e. The summed E-state index contributed by atoms with van der Waals surface area (Å²) < 4.78 is 88.7. The first-order valence-corrected chi connectivity index (χ1v) is 12.0. The van der Waals surface area contributed by atoms with Crippen LogP contribution in [0.15, 0.2) is 79.9 Å². The summed E-state index contributed by atoms with van der Waals surface area (Å²) in [5, 5.41) is 20.0. The molecule has 0 bridgehead atoms. The normalized spacial score (nSPS) is 11.2. The van der Waals surface area contributed by atoms with Crippen LogP contribution < -0.4 is 43.1 Å². The number of halogens is 8. The summed E-state index contributed by atoms with van der Waals surface area (Å²) in [5.41, 5.74) is -1.84. The van der Waals surface area contributed by atoms with Crippen molar-refractivity contribution in [2.75, 3.05) is 0 Å². The molecule has 222 valence electrons. The fourth-order valence-corrected chi connectivity index (χ4v) is 4.37. The third kappa shape index (κ3) is 7.63. The number of rotatable bonds is 9. The Hall–Kier alpha value is -3.56. The quantitative estimate of drug-likeness (QED) is 0.132. The van der Waals surface area contributed by atoms with Crippen LogP contribution >= 0.6 is 0 Å². The van der Waals surface area contributed by atoms with Crippen molar-refractivity contribution in [2.24, 2.45) is 0 Å². The lowest BCUT2D eigenvalue weighted by Gasteiger charge is -2.24. The van der Waals surface area contributed by atoms with E-state index in [2.05, 4.69) is 10.2 Å². The van der Waals surface area contributed by atoms with Crippen molar-refractivity contribution in [3.63, 3.8) is 0 Å². The second-order valence-electron chi connectivity index (χ2n) is 9.36. The number of nitrogens with zero attached hydrogens (tertiary/aromatic N) is 6. The smallest absolute Gasteiger partial charge is 0.265 e. The second-order valence-corrected chi connectivity index (χ2v) is 9.36. The minimum atomic E-state index is -2.01. The Labute approximate surface area is 256 Å². The molecule has 0 unspecified atom stereocenters. The van der Waals surface area contributed by atoms with Gasteiger partial charge in [-0.15, -0.1) is 9.36 Å². The molecule has 0 atom stereocenters. The van der Waals surface area contributed by atoms with Crippen molar-refractivity contribution in [2.45, 2.75) is 31.8 Å². The van der Waals surface area contributed by atoms with E-state index in [0.717, 1.165) is 36.4 Å². The van der Waals surface area contributed by atoms with E-state index >= 15 is 0 Å². The predicted molar refractivity (Wildman–Crippen MR) is 126 cm³/mol. The van der Waals surface area contributed by atoms with Gasteiger partial charge in [0, 0.05) is 45.1 Å². The van der Waals surface area contributed by atoms with Crippen LogP contribution in [-0.2, 0) is 31.8 Å². The third-order valence-corrected chi connectivity index (χ3v) is 6.28. The molecular weight excluding hydrogens is 698 g/mol. The largest absolute Gasteiger partial charge is 1.00 e. The van der Waals surface area contributed by atoms with Crippen LogP contribution in [0.3, 0.4) is 0 Å². The fourth-order valence-electron chi connectivity index (χ4n) is 4.37. The lowest BCUT2D eigenvalue weighted by atomic mass is 9.93. The van der Waals surface area contributed by atoms with Crippen molar-refractivity contribution in [1.29, 1.82) is 0 Å². The number of benzene rings is 3. The summed E-state index contributed by atoms with van der Waals surface area (Å²) in [7, 11) is 0. The predicted octanol–water partition coefficient (Wildman–Crippen LogP) is -2.82. The summed E-state index contributed by atoms with van der Waals surface area (Å²) in [5.74, 6) is -4.73. The first kappa shape index (κ1) is 32.9. The Morgan fingerprint density at radius 2 is 1.02 bits per heavy atom. The Kier molecular flexibility index (Phi) is 10.7. The van der Waals surface area contributed by atoms with Crippen LogP contribution in [0.1, 0.15) is 16.7 Å². The van der Waals surface area contributed by atoms with Crippen molar-refractivity contribution in [1.82, 2.24) is 19.6 Å². The maximum atomic E-state index is 14.9. The molecule has 42 heavy (non-hydrogen) atoms. The van der Waals surface area contributed by atoms with Crippen molar-refractivity contribution < 1.29 is 74.5 Å². The van der Waals surface area contributed by atoms with Crippen LogP contribution in [0, 0.1) is 34.9 Å². The average Bonchev–Trinajstić information content (AvgIpc) is 3.51. The molecule has 0 fully saturated rings. The Bertz CT molecular complexity index is 1590. The zero-order valence-electron chi connectivity index (χ0n) is 21.5. The molecule has 3 aromatic carbocycles. The SMILES string of the molecule is OC(Cn1c[n+](Cc2ccc(F)cc2F)cn1)(Cn1c[n+](Cc2ccc(F)cc2F)cn1)c1ccc(F)cc1F.[Br-].[Br-]. The van der Waals surface area contributed by atoms with Crippen LogP contribution in [0.2, 0.25) is 0 Å². The summed E-state index contributed by atoms with van der Waals surface area (Å²) >= 11 is 0. The minimum Gasteiger partial charge on any atom is -1.00 e. The molecule has 2 aromatic heterocycles.